The SMILES string of the molecule is Cn1ccc(Cn2c(=O)oc3cc(N)ccc32)n1. The summed E-state index contributed by atoms with van der Waals surface area (Å²) < 4.78 is 8.39. The van der Waals surface area contributed by atoms with Crippen molar-refractivity contribution >= 4 is 16.8 Å². The molecule has 0 bridgehead atoms. The number of nitrogens with two attached hydrogens (primary N) is 1. The lowest BCUT2D eigenvalue weighted by atomic mass is 10.3. The quantitative estimate of drug-likeness (QED) is 0.681. The second-order valence-electron chi connectivity index (χ2n) is 4.16. The van der Waals surface area contributed by atoms with Crippen molar-refractivity contribution in [3.63, 3.8) is 0 Å². The average Bonchev–Trinajstić information content (AvgIpc) is 2.84. The normalized spacial score (nSPS) is 11.2. The number of anilines is 1. The van der Waals surface area contributed by atoms with Gasteiger partial charge in [0.05, 0.1) is 17.8 Å². The molecule has 0 fully saturated rings. The number of nitrogens with zero attached hydrogens (tertiary/aromatic N) is 3. The van der Waals surface area contributed by atoms with Crippen LogP contribution in [-0.2, 0) is 13.6 Å². The van der Waals surface area contributed by atoms with Crippen LogP contribution in [-0.4, -0.2) is 14.3 Å². The van der Waals surface area contributed by atoms with Crippen LogP contribution in [0, 0.1) is 0 Å². The number of aryl methyl sites for hydroxylation is 1. The van der Waals surface area contributed by atoms with E-state index in [4.69, 9.17) is 10.2 Å². The summed E-state index contributed by atoms with van der Waals surface area (Å²) in [7, 11) is 1.83. The summed E-state index contributed by atoms with van der Waals surface area (Å²) in [5.74, 6) is -0.402. The van der Waals surface area contributed by atoms with Gasteiger partial charge >= 0.3 is 5.76 Å². The van der Waals surface area contributed by atoms with Crippen LogP contribution in [0.25, 0.3) is 11.1 Å². The Kier molecular flexibility index (Phi) is 2.22. The minimum Gasteiger partial charge on any atom is -0.408 e. The van der Waals surface area contributed by atoms with Crippen LogP contribution < -0.4 is 11.5 Å². The highest BCUT2D eigenvalue weighted by molar-refractivity contribution is 5.76. The van der Waals surface area contributed by atoms with Gasteiger partial charge < -0.3 is 10.2 Å². The summed E-state index contributed by atoms with van der Waals surface area (Å²) >= 11 is 0. The maximum atomic E-state index is 11.8. The molecule has 1 aromatic carbocycles. The zero-order chi connectivity index (χ0) is 12.7. The molecule has 3 aromatic rings. The highest BCUT2D eigenvalue weighted by atomic mass is 16.4. The topological polar surface area (TPSA) is 79.0 Å². The van der Waals surface area contributed by atoms with Gasteiger partial charge in [0.25, 0.3) is 0 Å². The van der Waals surface area contributed by atoms with E-state index >= 15 is 0 Å². The summed E-state index contributed by atoms with van der Waals surface area (Å²) in [6, 6.07) is 7.03. The van der Waals surface area contributed by atoms with Crippen LogP contribution in [0.5, 0.6) is 0 Å². The molecule has 0 aliphatic rings. The molecule has 0 spiro atoms. The summed E-state index contributed by atoms with van der Waals surface area (Å²) in [5.41, 5.74) is 8.25. The fraction of sp³-hybridized carbons (Fsp3) is 0.167. The fourth-order valence-electron chi connectivity index (χ4n) is 1.94. The van der Waals surface area contributed by atoms with Gasteiger partial charge in [-0.2, -0.15) is 5.10 Å². The molecule has 0 amide bonds. The van der Waals surface area contributed by atoms with Gasteiger partial charge in [-0.25, -0.2) is 4.79 Å². The molecule has 2 N–H and O–H groups in total. The summed E-state index contributed by atoms with van der Waals surface area (Å²) in [6.45, 7) is 0.386. The van der Waals surface area contributed by atoms with E-state index in [0.29, 0.717) is 17.8 Å². The summed E-state index contributed by atoms with van der Waals surface area (Å²) in [4.78, 5) is 11.8. The molecule has 6 heteroatoms. The number of rotatable bonds is 2. The molecule has 0 saturated carbocycles. The zero-order valence-corrected chi connectivity index (χ0v) is 9.83. The molecular formula is C12H12N4O2. The van der Waals surface area contributed by atoms with Gasteiger partial charge in [0.1, 0.15) is 0 Å². The molecule has 18 heavy (non-hydrogen) atoms. The van der Waals surface area contributed by atoms with Crippen LogP contribution in [0.4, 0.5) is 5.69 Å². The first kappa shape index (κ1) is 10.6. The molecule has 0 atom stereocenters. The molecule has 6 nitrogen and oxygen atoms in total. The second kappa shape index (κ2) is 3.76. The highest BCUT2D eigenvalue weighted by Gasteiger charge is 2.10. The van der Waals surface area contributed by atoms with Crippen LogP contribution in [0.2, 0.25) is 0 Å². The maximum absolute atomic E-state index is 11.8. The van der Waals surface area contributed by atoms with Crippen molar-refractivity contribution in [1.82, 2.24) is 14.3 Å². The van der Waals surface area contributed by atoms with Gasteiger partial charge in [0, 0.05) is 25.0 Å². The van der Waals surface area contributed by atoms with Crippen molar-refractivity contribution < 1.29 is 4.42 Å². The van der Waals surface area contributed by atoms with Gasteiger partial charge in [0.2, 0.25) is 0 Å². The van der Waals surface area contributed by atoms with E-state index in [0.717, 1.165) is 11.2 Å². The highest BCUT2D eigenvalue weighted by Crippen LogP contribution is 2.16. The summed E-state index contributed by atoms with van der Waals surface area (Å²) in [6.07, 6.45) is 1.83. The van der Waals surface area contributed by atoms with Crippen molar-refractivity contribution in [3.8, 4) is 0 Å². The Morgan fingerprint density at radius 3 is 2.94 bits per heavy atom. The molecule has 3 rings (SSSR count). The van der Waals surface area contributed by atoms with Gasteiger partial charge in [0.15, 0.2) is 5.58 Å². The number of hydrogen-bond acceptors (Lipinski definition) is 4. The van der Waals surface area contributed by atoms with E-state index in [1.165, 1.54) is 4.57 Å². The average molecular weight is 244 g/mol. The van der Waals surface area contributed by atoms with E-state index < -0.39 is 5.76 Å². The lowest BCUT2D eigenvalue weighted by molar-refractivity contribution is 0.515. The third-order valence-electron chi connectivity index (χ3n) is 2.78. The number of benzene rings is 1. The molecule has 0 aliphatic carbocycles. The molecule has 0 saturated heterocycles. The van der Waals surface area contributed by atoms with E-state index in [1.54, 1.807) is 22.9 Å². The monoisotopic (exact) mass is 244 g/mol. The van der Waals surface area contributed by atoms with Gasteiger partial charge in [-0.05, 0) is 18.2 Å². The van der Waals surface area contributed by atoms with Crippen LogP contribution in [0.3, 0.4) is 0 Å². The van der Waals surface area contributed by atoms with E-state index in [1.807, 2.05) is 19.3 Å². The second-order valence-corrected chi connectivity index (χ2v) is 4.16. The number of fused-ring (bicyclic) bond motifs is 1. The molecular weight excluding hydrogens is 232 g/mol. The Balaban J connectivity index is 2.11. The van der Waals surface area contributed by atoms with Crippen LogP contribution in [0.1, 0.15) is 5.69 Å². The van der Waals surface area contributed by atoms with Gasteiger partial charge in [-0.15, -0.1) is 0 Å². The van der Waals surface area contributed by atoms with E-state index in [2.05, 4.69) is 5.10 Å². The first-order chi connectivity index (χ1) is 8.63. The smallest absolute Gasteiger partial charge is 0.408 e. The Bertz CT molecular complexity index is 766. The maximum Gasteiger partial charge on any atom is 0.420 e. The van der Waals surface area contributed by atoms with E-state index in [-0.39, 0.29) is 0 Å². The standard InChI is InChI=1S/C12H12N4O2/c1-15-5-4-9(14-15)7-16-10-3-2-8(13)6-11(10)18-12(16)17/h2-6H,7,13H2,1H3. The van der Waals surface area contributed by atoms with Crippen LogP contribution in [0.15, 0.2) is 39.7 Å². The number of nitrogen functional groups attached to an aromatic ring is 1. The first-order valence-corrected chi connectivity index (χ1v) is 5.51. The minimum absolute atomic E-state index is 0.386. The predicted octanol–water partition coefficient (Wildman–Crippen LogP) is 0.959. The third kappa shape index (κ3) is 1.67. The molecule has 0 aliphatic heterocycles. The Morgan fingerprint density at radius 1 is 1.39 bits per heavy atom. The molecule has 2 heterocycles. The predicted molar refractivity (Wildman–Crippen MR) is 67.2 cm³/mol. The Morgan fingerprint density at radius 2 is 2.22 bits per heavy atom. The van der Waals surface area contributed by atoms with Crippen molar-refractivity contribution in [3.05, 3.63) is 46.7 Å². The van der Waals surface area contributed by atoms with Crippen molar-refractivity contribution in [2.45, 2.75) is 6.54 Å². The molecule has 0 unspecified atom stereocenters. The van der Waals surface area contributed by atoms with Crippen molar-refractivity contribution in [2.24, 2.45) is 7.05 Å². The number of hydrogen-bond donors (Lipinski definition) is 1. The minimum atomic E-state index is -0.402. The largest absolute Gasteiger partial charge is 0.420 e. The Labute approximate surface area is 102 Å². The fourth-order valence-corrected chi connectivity index (χ4v) is 1.94. The Hall–Kier alpha value is -2.50. The zero-order valence-electron chi connectivity index (χ0n) is 9.83. The molecule has 0 radical (unpaired) electrons. The first-order valence-electron chi connectivity index (χ1n) is 5.51. The van der Waals surface area contributed by atoms with E-state index in [9.17, 15) is 4.79 Å². The molecule has 2 aromatic heterocycles. The van der Waals surface area contributed by atoms with Crippen LogP contribution >= 0.6 is 0 Å². The lowest BCUT2D eigenvalue weighted by Gasteiger charge is -1.99. The van der Waals surface area contributed by atoms with Crippen molar-refractivity contribution in [1.29, 1.82) is 0 Å². The number of aromatic nitrogens is 3. The van der Waals surface area contributed by atoms with Crippen molar-refractivity contribution in [2.75, 3.05) is 5.73 Å². The third-order valence-corrected chi connectivity index (χ3v) is 2.78. The lowest BCUT2D eigenvalue weighted by Crippen LogP contribution is -2.15. The molecule has 92 valence electrons. The van der Waals surface area contributed by atoms with Gasteiger partial charge in [-0.3, -0.25) is 9.25 Å². The number of oxazole rings is 1. The summed E-state index contributed by atoms with van der Waals surface area (Å²) in [5, 5.41) is 4.24. The van der Waals surface area contributed by atoms with Gasteiger partial charge in [-0.1, -0.05) is 0 Å².